The third-order valence-corrected chi connectivity index (χ3v) is 4.01. The molecule has 2 aromatic heterocycles. The maximum Gasteiger partial charge on any atom is 0.416 e. The van der Waals surface area contributed by atoms with Crippen LogP contribution < -0.4 is 0 Å². The topological polar surface area (TPSA) is 30.2 Å². The first-order chi connectivity index (χ1) is 12.4. The lowest BCUT2D eigenvalue weighted by atomic mass is 10.1. The number of rotatable bonds is 2. The normalized spacial score (nSPS) is 11.8. The fraction of sp³-hybridized carbons (Fsp3) is 0.0526. The molecule has 7 heteroatoms. The highest BCUT2D eigenvalue weighted by molar-refractivity contribution is 5.70. The van der Waals surface area contributed by atoms with Gasteiger partial charge in [-0.3, -0.25) is 4.40 Å². The largest absolute Gasteiger partial charge is 0.416 e. The van der Waals surface area contributed by atoms with Crippen molar-refractivity contribution in [2.45, 2.75) is 6.18 Å². The maximum absolute atomic E-state index is 13.3. The summed E-state index contributed by atoms with van der Waals surface area (Å²) in [4.78, 5) is 0. The first-order valence-corrected chi connectivity index (χ1v) is 7.71. The molecule has 0 bridgehead atoms. The summed E-state index contributed by atoms with van der Waals surface area (Å²) in [5.41, 5.74) is 0.710. The lowest BCUT2D eigenvalue weighted by Gasteiger charge is -2.13. The maximum atomic E-state index is 13.3. The van der Waals surface area contributed by atoms with Crippen LogP contribution in [0.15, 0.2) is 66.7 Å². The molecule has 0 radical (unpaired) electrons. The van der Waals surface area contributed by atoms with E-state index in [1.54, 1.807) is 30.3 Å². The number of halogens is 4. The van der Waals surface area contributed by atoms with Crippen LogP contribution in [0.1, 0.15) is 5.56 Å². The summed E-state index contributed by atoms with van der Waals surface area (Å²) in [5.74, 6) is -0.0715. The summed E-state index contributed by atoms with van der Waals surface area (Å²) < 4.78 is 54.6. The molecule has 0 N–H and O–H groups in total. The van der Waals surface area contributed by atoms with Crippen LogP contribution in [0.5, 0.6) is 0 Å². The molecule has 0 aliphatic heterocycles. The molecule has 2 aromatic carbocycles. The minimum Gasteiger partial charge on any atom is -0.275 e. The first kappa shape index (κ1) is 16.3. The number of hydrogen-bond donors (Lipinski definition) is 0. The van der Waals surface area contributed by atoms with Crippen molar-refractivity contribution in [3.8, 4) is 22.6 Å². The molecule has 4 aromatic rings. The van der Waals surface area contributed by atoms with Gasteiger partial charge < -0.3 is 0 Å². The average Bonchev–Trinajstić information content (AvgIpc) is 3.06. The Hall–Kier alpha value is -3.22. The number of benzene rings is 2. The van der Waals surface area contributed by atoms with Crippen molar-refractivity contribution in [1.29, 1.82) is 0 Å². The molecular weight excluding hydrogens is 346 g/mol. The summed E-state index contributed by atoms with van der Waals surface area (Å²) in [6.07, 6.45) is -4.51. The van der Waals surface area contributed by atoms with Crippen molar-refractivity contribution in [2.75, 3.05) is 0 Å². The summed E-state index contributed by atoms with van der Waals surface area (Å²) in [6, 6.07) is 16.3. The van der Waals surface area contributed by atoms with Gasteiger partial charge in [0.1, 0.15) is 5.82 Å². The molecule has 0 saturated heterocycles. The second-order valence-electron chi connectivity index (χ2n) is 5.72. The second kappa shape index (κ2) is 5.94. The SMILES string of the molecule is Fc1ccc(-c2nnc3cc(C(F)(F)F)cc(-c4ccccc4)n23)cc1. The molecular formula is C19H11F4N3. The molecule has 0 aliphatic carbocycles. The molecule has 2 heterocycles. The second-order valence-corrected chi connectivity index (χ2v) is 5.72. The third kappa shape index (κ3) is 2.81. The van der Waals surface area contributed by atoms with Gasteiger partial charge in [0.15, 0.2) is 11.5 Å². The van der Waals surface area contributed by atoms with Gasteiger partial charge in [-0.15, -0.1) is 10.2 Å². The Labute approximate surface area is 145 Å². The molecule has 0 fully saturated rings. The zero-order valence-electron chi connectivity index (χ0n) is 13.2. The van der Waals surface area contributed by atoms with Crippen LogP contribution in [0.3, 0.4) is 0 Å². The molecule has 4 rings (SSSR count). The van der Waals surface area contributed by atoms with E-state index in [4.69, 9.17) is 0 Å². The number of hydrogen-bond acceptors (Lipinski definition) is 2. The smallest absolute Gasteiger partial charge is 0.275 e. The van der Waals surface area contributed by atoms with E-state index in [9.17, 15) is 17.6 Å². The fourth-order valence-corrected chi connectivity index (χ4v) is 2.79. The predicted molar refractivity (Wildman–Crippen MR) is 88.8 cm³/mol. The van der Waals surface area contributed by atoms with Gasteiger partial charge in [-0.05, 0) is 42.0 Å². The van der Waals surface area contributed by atoms with Crippen LogP contribution in [-0.4, -0.2) is 14.6 Å². The number of pyridine rings is 1. The zero-order chi connectivity index (χ0) is 18.3. The van der Waals surface area contributed by atoms with Gasteiger partial charge in [0.25, 0.3) is 0 Å². The van der Waals surface area contributed by atoms with E-state index in [0.29, 0.717) is 22.6 Å². The Kier molecular flexibility index (Phi) is 3.72. The molecule has 3 nitrogen and oxygen atoms in total. The van der Waals surface area contributed by atoms with Gasteiger partial charge >= 0.3 is 6.18 Å². The molecule has 0 spiro atoms. The van der Waals surface area contributed by atoms with Crippen molar-refractivity contribution >= 4 is 5.65 Å². The van der Waals surface area contributed by atoms with Gasteiger partial charge in [0.05, 0.1) is 11.3 Å². The average molecular weight is 357 g/mol. The Bertz CT molecular complexity index is 1070. The highest BCUT2D eigenvalue weighted by Gasteiger charge is 2.32. The van der Waals surface area contributed by atoms with Crippen molar-refractivity contribution in [3.63, 3.8) is 0 Å². The van der Waals surface area contributed by atoms with Gasteiger partial charge in [0.2, 0.25) is 0 Å². The summed E-state index contributed by atoms with van der Waals surface area (Å²) >= 11 is 0. The van der Waals surface area contributed by atoms with Crippen LogP contribution in [0.25, 0.3) is 28.3 Å². The molecule has 0 unspecified atom stereocenters. The first-order valence-electron chi connectivity index (χ1n) is 7.71. The van der Waals surface area contributed by atoms with Crippen LogP contribution in [0.2, 0.25) is 0 Å². The number of fused-ring (bicyclic) bond motifs is 1. The lowest BCUT2D eigenvalue weighted by Crippen LogP contribution is -2.07. The van der Waals surface area contributed by atoms with Gasteiger partial charge in [0, 0.05) is 5.56 Å². The van der Waals surface area contributed by atoms with Crippen molar-refractivity contribution in [3.05, 3.63) is 78.1 Å². The zero-order valence-corrected chi connectivity index (χ0v) is 13.2. The predicted octanol–water partition coefficient (Wildman–Crippen LogP) is 5.22. The molecule has 0 amide bonds. The quantitative estimate of drug-likeness (QED) is 0.460. The van der Waals surface area contributed by atoms with Crippen LogP contribution in [0, 0.1) is 5.82 Å². The standard InChI is InChI=1S/C19H11F4N3/c20-15-8-6-13(7-9-15)18-25-24-17-11-14(19(21,22)23)10-16(26(17)18)12-4-2-1-3-5-12/h1-11H. The van der Waals surface area contributed by atoms with E-state index in [2.05, 4.69) is 10.2 Å². The molecule has 26 heavy (non-hydrogen) atoms. The molecule has 130 valence electrons. The van der Waals surface area contributed by atoms with Gasteiger partial charge in [-0.25, -0.2) is 4.39 Å². The Morgan fingerprint density at radius 2 is 1.46 bits per heavy atom. The Morgan fingerprint density at radius 1 is 0.769 bits per heavy atom. The van der Waals surface area contributed by atoms with Crippen molar-refractivity contribution in [2.24, 2.45) is 0 Å². The number of aromatic nitrogens is 3. The summed E-state index contributed by atoms with van der Waals surface area (Å²) in [6.45, 7) is 0. The minimum atomic E-state index is -4.51. The molecule has 0 saturated carbocycles. The lowest BCUT2D eigenvalue weighted by molar-refractivity contribution is -0.137. The monoisotopic (exact) mass is 357 g/mol. The Morgan fingerprint density at radius 3 is 2.12 bits per heavy atom. The minimum absolute atomic E-state index is 0.0676. The molecule has 0 aliphatic rings. The van der Waals surface area contributed by atoms with E-state index in [-0.39, 0.29) is 5.65 Å². The van der Waals surface area contributed by atoms with E-state index >= 15 is 0 Å². The van der Waals surface area contributed by atoms with E-state index in [0.717, 1.165) is 12.1 Å². The fourth-order valence-electron chi connectivity index (χ4n) is 2.79. The van der Waals surface area contributed by atoms with Gasteiger partial charge in [-0.1, -0.05) is 30.3 Å². The molecule has 0 atom stereocenters. The van der Waals surface area contributed by atoms with E-state index < -0.39 is 17.6 Å². The summed E-state index contributed by atoms with van der Waals surface area (Å²) in [5, 5.41) is 7.92. The third-order valence-electron chi connectivity index (χ3n) is 4.01. The highest BCUT2D eigenvalue weighted by atomic mass is 19.4. The van der Waals surface area contributed by atoms with Crippen LogP contribution in [0.4, 0.5) is 17.6 Å². The van der Waals surface area contributed by atoms with Crippen LogP contribution >= 0.6 is 0 Å². The van der Waals surface area contributed by atoms with Crippen LogP contribution in [-0.2, 0) is 6.18 Å². The van der Waals surface area contributed by atoms with Crippen molar-refractivity contribution < 1.29 is 17.6 Å². The highest BCUT2D eigenvalue weighted by Crippen LogP contribution is 2.35. The van der Waals surface area contributed by atoms with E-state index in [1.807, 2.05) is 0 Å². The number of alkyl halides is 3. The number of nitrogens with zero attached hydrogens (tertiary/aromatic N) is 3. The summed E-state index contributed by atoms with van der Waals surface area (Å²) in [7, 11) is 0. The Balaban J connectivity index is 2.04. The van der Waals surface area contributed by atoms with Crippen molar-refractivity contribution in [1.82, 2.24) is 14.6 Å². The van der Waals surface area contributed by atoms with Gasteiger partial charge in [-0.2, -0.15) is 13.2 Å². The van der Waals surface area contributed by atoms with E-state index in [1.165, 1.54) is 28.7 Å².